The maximum Gasteiger partial charge on any atom is 0.264 e. The van der Waals surface area contributed by atoms with Crippen LogP contribution < -0.4 is 9.62 Å². The molecule has 0 aliphatic rings. The summed E-state index contributed by atoms with van der Waals surface area (Å²) in [7, 11) is -2.15. The summed E-state index contributed by atoms with van der Waals surface area (Å²) in [6, 6.07) is 24.8. The van der Waals surface area contributed by atoms with Gasteiger partial charge in [0.2, 0.25) is 0 Å². The Hall–Kier alpha value is -3.12. The molecule has 0 bridgehead atoms. The summed E-state index contributed by atoms with van der Waals surface area (Å²) in [4.78, 5) is 12.7. The first-order valence-corrected chi connectivity index (χ1v) is 10.8. The molecule has 0 aliphatic carbocycles. The van der Waals surface area contributed by atoms with Crippen LogP contribution in [0.1, 0.15) is 28.8 Å². The van der Waals surface area contributed by atoms with E-state index in [4.69, 9.17) is 0 Å². The SMILES string of the molecule is C[C@@H](CNC(=O)c1ccc(N(C)S(=O)(=O)c2ccccc2)cc1)c1ccccc1. The van der Waals surface area contributed by atoms with Gasteiger partial charge < -0.3 is 5.32 Å². The van der Waals surface area contributed by atoms with E-state index in [9.17, 15) is 13.2 Å². The van der Waals surface area contributed by atoms with Crippen LogP contribution in [0.25, 0.3) is 0 Å². The van der Waals surface area contributed by atoms with Crippen molar-refractivity contribution in [3.63, 3.8) is 0 Å². The van der Waals surface area contributed by atoms with Gasteiger partial charge in [0, 0.05) is 19.2 Å². The van der Waals surface area contributed by atoms with Crippen LogP contribution in [0.3, 0.4) is 0 Å². The monoisotopic (exact) mass is 408 g/mol. The summed E-state index contributed by atoms with van der Waals surface area (Å²) in [5, 5.41) is 2.93. The van der Waals surface area contributed by atoms with E-state index < -0.39 is 10.0 Å². The molecule has 6 heteroatoms. The highest BCUT2D eigenvalue weighted by atomic mass is 32.2. The largest absolute Gasteiger partial charge is 0.351 e. The number of nitrogens with zero attached hydrogens (tertiary/aromatic N) is 1. The third-order valence-corrected chi connectivity index (χ3v) is 6.63. The zero-order valence-electron chi connectivity index (χ0n) is 16.4. The molecule has 150 valence electrons. The fourth-order valence-corrected chi connectivity index (χ4v) is 4.18. The van der Waals surface area contributed by atoms with Gasteiger partial charge in [0.05, 0.1) is 10.6 Å². The van der Waals surface area contributed by atoms with Crippen LogP contribution in [0.4, 0.5) is 5.69 Å². The van der Waals surface area contributed by atoms with Gasteiger partial charge in [0.15, 0.2) is 0 Å². The lowest BCUT2D eigenvalue weighted by Gasteiger charge is -2.20. The second-order valence-electron chi connectivity index (χ2n) is 6.85. The molecule has 1 atom stereocenters. The number of carbonyl (C=O) groups is 1. The van der Waals surface area contributed by atoms with E-state index in [2.05, 4.69) is 12.2 Å². The molecule has 5 nitrogen and oxygen atoms in total. The Morgan fingerprint density at radius 3 is 2.03 bits per heavy atom. The minimum Gasteiger partial charge on any atom is -0.351 e. The lowest BCUT2D eigenvalue weighted by atomic mass is 10.0. The van der Waals surface area contributed by atoms with Crippen LogP contribution in [0.2, 0.25) is 0 Å². The minimum atomic E-state index is -3.64. The third kappa shape index (κ3) is 4.84. The molecule has 3 aromatic rings. The van der Waals surface area contributed by atoms with Crippen LogP contribution in [-0.4, -0.2) is 27.9 Å². The Balaban J connectivity index is 1.66. The molecule has 3 aromatic carbocycles. The zero-order valence-corrected chi connectivity index (χ0v) is 17.3. The van der Waals surface area contributed by atoms with Crippen molar-refractivity contribution in [1.29, 1.82) is 0 Å². The molecule has 1 amide bonds. The van der Waals surface area contributed by atoms with Crippen molar-refractivity contribution >= 4 is 21.6 Å². The maximum absolute atomic E-state index is 12.7. The quantitative estimate of drug-likeness (QED) is 0.641. The Kier molecular flexibility index (Phi) is 6.34. The molecule has 0 radical (unpaired) electrons. The van der Waals surface area contributed by atoms with Crippen molar-refractivity contribution in [3.05, 3.63) is 96.1 Å². The first-order valence-electron chi connectivity index (χ1n) is 9.37. The number of amides is 1. The second-order valence-corrected chi connectivity index (χ2v) is 8.82. The molecule has 3 rings (SSSR count). The molecule has 0 spiro atoms. The summed E-state index contributed by atoms with van der Waals surface area (Å²) < 4.78 is 26.6. The number of hydrogen-bond acceptors (Lipinski definition) is 3. The Bertz CT molecular complexity index is 1050. The van der Waals surface area contributed by atoms with Crippen LogP contribution in [-0.2, 0) is 10.0 Å². The van der Waals surface area contributed by atoms with Crippen molar-refractivity contribution in [3.8, 4) is 0 Å². The molecule has 0 unspecified atom stereocenters. The van der Waals surface area contributed by atoms with Gasteiger partial charge >= 0.3 is 0 Å². The van der Waals surface area contributed by atoms with Gasteiger partial charge in [-0.3, -0.25) is 9.10 Å². The molecule has 0 saturated carbocycles. The van der Waals surface area contributed by atoms with E-state index in [0.717, 1.165) is 5.56 Å². The lowest BCUT2D eigenvalue weighted by molar-refractivity contribution is 0.0951. The van der Waals surface area contributed by atoms with Crippen molar-refractivity contribution in [2.45, 2.75) is 17.7 Å². The number of anilines is 1. The average Bonchev–Trinajstić information content (AvgIpc) is 2.78. The molecular weight excluding hydrogens is 384 g/mol. The van der Waals surface area contributed by atoms with Crippen LogP contribution in [0.15, 0.2) is 89.8 Å². The summed E-state index contributed by atoms with van der Waals surface area (Å²) in [6.07, 6.45) is 0. The van der Waals surface area contributed by atoms with E-state index in [-0.39, 0.29) is 16.7 Å². The number of nitrogens with one attached hydrogen (secondary N) is 1. The van der Waals surface area contributed by atoms with Gasteiger partial charge in [0.1, 0.15) is 0 Å². The van der Waals surface area contributed by atoms with E-state index >= 15 is 0 Å². The van der Waals surface area contributed by atoms with Gasteiger partial charge in [-0.1, -0.05) is 55.5 Å². The number of benzene rings is 3. The zero-order chi connectivity index (χ0) is 20.9. The molecule has 0 saturated heterocycles. The lowest BCUT2D eigenvalue weighted by Crippen LogP contribution is -2.28. The third-order valence-electron chi connectivity index (χ3n) is 4.83. The summed E-state index contributed by atoms with van der Waals surface area (Å²) in [6.45, 7) is 2.58. The van der Waals surface area contributed by atoms with Crippen molar-refractivity contribution < 1.29 is 13.2 Å². The molecule has 0 fully saturated rings. The van der Waals surface area contributed by atoms with Gasteiger partial charge in [-0.25, -0.2) is 8.42 Å². The average molecular weight is 409 g/mol. The van der Waals surface area contributed by atoms with E-state index in [1.165, 1.54) is 11.4 Å². The predicted molar refractivity (Wildman–Crippen MR) is 116 cm³/mol. The molecule has 0 aliphatic heterocycles. The van der Waals surface area contributed by atoms with Gasteiger partial charge in [-0.15, -0.1) is 0 Å². The number of hydrogen-bond donors (Lipinski definition) is 1. The molecule has 0 aromatic heterocycles. The van der Waals surface area contributed by atoms with Gasteiger partial charge in [-0.05, 0) is 47.9 Å². The predicted octanol–water partition coefficient (Wildman–Crippen LogP) is 4.05. The fraction of sp³-hybridized carbons (Fsp3) is 0.174. The van der Waals surface area contributed by atoms with Gasteiger partial charge in [0.25, 0.3) is 15.9 Å². The topological polar surface area (TPSA) is 66.5 Å². The highest BCUT2D eigenvalue weighted by molar-refractivity contribution is 7.92. The first-order chi connectivity index (χ1) is 13.9. The van der Waals surface area contributed by atoms with Crippen LogP contribution >= 0.6 is 0 Å². The van der Waals surface area contributed by atoms with Crippen molar-refractivity contribution in [2.75, 3.05) is 17.9 Å². The van der Waals surface area contributed by atoms with Crippen LogP contribution in [0.5, 0.6) is 0 Å². The molecule has 1 N–H and O–H groups in total. The van der Waals surface area contributed by atoms with Gasteiger partial charge in [-0.2, -0.15) is 0 Å². The molecular formula is C23H24N2O3S. The summed E-state index contributed by atoms with van der Waals surface area (Å²) in [5.41, 5.74) is 2.14. The molecule has 0 heterocycles. The van der Waals surface area contributed by atoms with Crippen molar-refractivity contribution in [1.82, 2.24) is 5.32 Å². The first kappa shape index (κ1) is 20.6. The summed E-state index contributed by atoms with van der Waals surface area (Å²) >= 11 is 0. The van der Waals surface area contributed by atoms with Crippen LogP contribution in [0, 0.1) is 0 Å². The highest BCUT2D eigenvalue weighted by Gasteiger charge is 2.21. The van der Waals surface area contributed by atoms with E-state index in [1.807, 2.05) is 30.3 Å². The normalized spacial score (nSPS) is 12.2. The Morgan fingerprint density at radius 1 is 0.897 bits per heavy atom. The second kappa shape index (κ2) is 8.92. The van der Waals surface area contributed by atoms with E-state index in [0.29, 0.717) is 17.8 Å². The number of carbonyl (C=O) groups excluding carboxylic acids is 1. The van der Waals surface area contributed by atoms with Crippen molar-refractivity contribution in [2.24, 2.45) is 0 Å². The smallest absolute Gasteiger partial charge is 0.264 e. The minimum absolute atomic E-state index is 0.187. The fourth-order valence-electron chi connectivity index (χ4n) is 2.96. The standard InChI is InChI=1S/C23H24N2O3S/c1-18(19-9-5-3-6-10-19)17-24-23(26)20-13-15-21(16-14-20)25(2)29(27,28)22-11-7-4-8-12-22/h3-16,18H,17H2,1-2H3,(H,24,26)/t18-/m0/s1. The Labute approximate surface area is 172 Å². The van der Waals surface area contributed by atoms with E-state index in [1.54, 1.807) is 54.6 Å². The number of rotatable bonds is 7. The summed E-state index contributed by atoms with van der Waals surface area (Å²) in [5.74, 6) is 0.00877. The number of sulfonamides is 1. The highest BCUT2D eigenvalue weighted by Crippen LogP contribution is 2.22. The molecule has 29 heavy (non-hydrogen) atoms. The Morgan fingerprint density at radius 2 is 1.45 bits per heavy atom. The maximum atomic E-state index is 12.7.